The lowest BCUT2D eigenvalue weighted by atomic mass is 10.0. The molecule has 0 saturated heterocycles. The van der Waals surface area contributed by atoms with Crippen LogP contribution >= 0.6 is 0 Å². The third-order valence-corrected chi connectivity index (χ3v) is 4.09. The molecular weight excluding hydrogens is 314 g/mol. The van der Waals surface area contributed by atoms with Crippen LogP contribution in [-0.4, -0.2) is 36.2 Å². The minimum absolute atomic E-state index is 0.0625. The number of carbonyl (C=O) groups is 1. The zero-order valence-electron chi connectivity index (χ0n) is 15.0. The molecule has 1 N–H and O–H groups in total. The smallest absolute Gasteiger partial charge is 0.246 e. The quantitative estimate of drug-likeness (QED) is 0.787. The van der Waals surface area contributed by atoms with Crippen LogP contribution in [0.4, 0.5) is 0 Å². The summed E-state index contributed by atoms with van der Waals surface area (Å²) in [5.74, 6) is 0.692. The van der Waals surface area contributed by atoms with Crippen LogP contribution in [0.25, 0.3) is 6.08 Å². The van der Waals surface area contributed by atoms with Crippen LogP contribution in [0.3, 0.4) is 0 Å². The molecular formula is C21H25NO3. The van der Waals surface area contributed by atoms with E-state index in [2.05, 4.69) is 0 Å². The molecule has 4 heteroatoms. The van der Waals surface area contributed by atoms with Gasteiger partial charge in [0.2, 0.25) is 5.91 Å². The normalized spacial score (nSPS) is 10.9. The second kappa shape index (κ2) is 9.04. The number of amides is 1. The van der Waals surface area contributed by atoms with Crippen molar-refractivity contribution in [1.82, 2.24) is 4.90 Å². The van der Waals surface area contributed by atoms with Crippen LogP contribution in [0.5, 0.6) is 5.75 Å². The fraction of sp³-hybridized carbons (Fsp3) is 0.286. The molecule has 0 fully saturated rings. The number of carbonyl (C=O) groups excluding carboxylic acids is 1. The molecule has 4 nitrogen and oxygen atoms in total. The fourth-order valence-electron chi connectivity index (χ4n) is 2.77. The minimum atomic E-state index is -0.118. The van der Waals surface area contributed by atoms with Crippen molar-refractivity contribution in [3.05, 3.63) is 70.8 Å². The summed E-state index contributed by atoms with van der Waals surface area (Å²) >= 11 is 0. The number of rotatable bonds is 7. The molecule has 2 rings (SSSR count). The van der Waals surface area contributed by atoms with Crippen molar-refractivity contribution in [2.75, 3.05) is 20.3 Å². The minimum Gasteiger partial charge on any atom is -0.497 e. The lowest BCUT2D eigenvalue weighted by Crippen LogP contribution is -2.31. The Morgan fingerprint density at radius 3 is 2.36 bits per heavy atom. The largest absolute Gasteiger partial charge is 0.497 e. The van der Waals surface area contributed by atoms with Crippen molar-refractivity contribution >= 4 is 12.0 Å². The summed E-state index contributed by atoms with van der Waals surface area (Å²) in [5, 5.41) is 9.26. The van der Waals surface area contributed by atoms with Gasteiger partial charge in [0.05, 0.1) is 13.7 Å². The molecule has 0 atom stereocenters. The first-order valence-corrected chi connectivity index (χ1v) is 8.32. The molecule has 0 aliphatic heterocycles. The van der Waals surface area contributed by atoms with Crippen LogP contribution in [0.2, 0.25) is 0 Å². The van der Waals surface area contributed by atoms with Crippen molar-refractivity contribution in [3.63, 3.8) is 0 Å². The van der Waals surface area contributed by atoms with Gasteiger partial charge < -0.3 is 14.7 Å². The monoisotopic (exact) mass is 339 g/mol. The van der Waals surface area contributed by atoms with E-state index in [4.69, 9.17) is 4.74 Å². The standard InChI is InChI=1S/C21H25NO3/c1-16-13-19(25-3)14-17(2)20(16)9-10-21(24)22(11-12-23)15-18-7-5-4-6-8-18/h4-10,13-14,23H,11-12,15H2,1-3H3/b10-9+. The molecule has 0 unspecified atom stereocenters. The zero-order valence-corrected chi connectivity index (χ0v) is 15.0. The average molecular weight is 339 g/mol. The lowest BCUT2D eigenvalue weighted by molar-refractivity contribution is -0.127. The highest BCUT2D eigenvalue weighted by atomic mass is 16.5. The Hall–Kier alpha value is -2.59. The van der Waals surface area contributed by atoms with Crippen LogP contribution < -0.4 is 4.74 Å². The van der Waals surface area contributed by atoms with Crippen molar-refractivity contribution < 1.29 is 14.6 Å². The highest BCUT2D eigenvalue weighted by Crippen LogP contribution is 2.22. The molecule has 1 amide bonds. The molecule has 0 spiro atoms. The van der Waals surface area contributed by atoms with Crippen molar-refractivity contribution in [3.8, 4) is 5.75 Å². The lowest BCUT2D eigenvalue weighted by Gasteiger charge is -2.20. The van der Waals surface area contributed by atoms with E-state index in [0.29, 0.717) is 13.1 Å². The van der Waals surface area contributed by atoms with E-state index in [-0.39, 0.29) is 12.5 Å². The molecule has 132 valence electrons. The van der Waals surface area contributed by atoms with E-state index in [0.717, 1.165) is 28.0 Å². The number of hydrogen-bond acceptors (Lipinski definition) is 3. The van der Waals surface area contributed by atoms with Crippen molar-refractivity contribution in [2.24, 2.45) is 0 Å². The molecule has 0 aliphatic carbocycles. The topological polar surface area (TPSA) is 49.8 Å². The molecule has 0 aliphatic rings. The summed E-state index contributed by atoms with van der Waals surface area (Å²) in [7, 11) is 1.64. The summed E-state index contributed by atoms with van der Waals surface area (Å²) in [6.45, 7) is 4.71. The Morgan fingerprint density at radius 1 is 1.16 bits per heavy atom. The van der Waals surface area contributed by atoms with Crippen molar-refractivity contribution in [1.29, 1.82) is 0 Å². The van der Waals surface area contributed by atoms with Gasteiger partial charge in [-0.05, 0) is 54.3 Å². The number of aliphatic hydroxyl groups excluding tert-OH is 1. The molecule has 25 heavy (non-hydrogen) atoms. The van der Waals surface area contributed by atoms with Gasteiger partial charge in [0, 0.05) is 19.2 Å². The third-order valence-electron chi connectivity index (χ3n) is 4.09. The SMILES string of the molecule is COc1cc(C)c(/C=C/C(=O)N(CCO)Cc2ccccc2)c(C)c1. The van der Waals surface area contributed by atoms with Gasteiger partial charge in [-0.15, -0.1) is 0 Å². The zero-order chi connectivity index (χ0) is 18.2. The number of nitrogens with zero attached hydrogens (tertiary/aromatic N) is 1. The predicted molar refractivity (Wildman–Crippen MR) is 100 cm³/mol. The Kier molecular flexibility index (Phi) is 6.78. The van der Waals surface area contributed by atoms with E-state index in [1.165, 1.54) is 0 Å². The first kappa shape index (κ1) is 18.7. The molecule has 2 aromatic carbocycles. The fourth-order valence-corrected chi connectivity index (χ4v) is 2.77. The van der Waals surface area contributed by atoms with E-state index in [1.807, 2.05) is 62.4 Å². The van der Waals surface area contributed by atoms with E-state index in [9.17, 15) is 9.90 Å². The van der Waals surface area contributed by atoms with E-state index < -0.39 is 0 Å². The Labute approximate surface area is 149 Å². The molecule has 0 radical (unpaired) electrons. The molecule has 2 aromatic rings. The number of hydrogen-bond donors (Lipinski definition) is 1. The molecule has 0 aromatic heterocycles. The molecule has 0 bridgehead atoms. The third kappa shape index (κ3) is 5.19. The maximum atomic E-state index is 12.6. The first-order valence-electron chi connectivity index (χ1n) is 8.32. The summed E-state index contributed by atoms with van der Waals surface area (Å²) in [6.07, 6.45) is 3.40. The summed E-state index contributed by atoms with van der Waals surface area (Å²) < 4.78 is 5.27. The molecule has 0 saturated carbocycles. The maximum Gasteiger partial charge on any atom is 0.246 e. The summed E-state index contributed by atoms with van der Waals surface area (Å²) in [4.78, 5) is 14.2. The van der Waals surface area contributed by atoms with Gasteiger partial charge in [-0.3, -0.25) is 4.79 Å². The van der Waals surface area contributed by atoms with Gasteiger partial charge >= 0.3 is 0 Å². The van der Waals surface area contributed by atoms with Gasteiger partial charge in [-0.1, -0.05) is 30.3 Å². The Bertz CT molecular complexity index is 715. The van der Waals surface area contributed by atoms with Gasteiger partial charge in [0.25, 0.3) is 0 Å². The maximum absolute atomic E-state index is 12.6. The number of aliphatic hydroxyl groups is 1. The first-order chi connectivity index (χ1) is 12.0. The van der Waals surface area contributed by atoms with E-state index >= 15 is 0 Å². The van der Waals surface area contributed by atoms with Crippen LogP contribution in [0.15, 0.2) is 48.5 Å². The van der Waals surface area contributed by atoms with Crippen LogP contribution in [0.1, 0.15) is 22.3 Å². The molecule has 0 heterocycles. The second-order valence-corrected chi connectivity index (χ2v) is 5.98. The van der Waals surface area contributed by atoms with Gasteiger partial charge in [0.15, 0.2) is 0 Å². The summed E-state index contributed by atoms with van der Waals surface area (Å²) in [6, 6.07) is 13.7. The van der Waals surface area contributed by atoms with Crippen LogP contribution in [0, 0.1) is 13.8 Å². The van der Waals surface area contributed by atoms with Gasteiger partial charge in [-0.25, -0.2) is 0 Å². The van der Waals surface area contributed by atoms with Gasteiger partial charge in [0.1, 0.15) is 5.75 Å². The second-order valence-electron chi connectivity index (χ2n) is 5.98. The van der Waals surface area contributed by atoms with Crippen LogP contribution in [-0.2, 0) is 11.3 Å². The average Bonchev–Trinajstić information content (AvgIpc) is 2.61. The highest BCUT2D eigenvalue weighted by molar-refractivity contribution is 5.92. The van der Waals surface area contributed by atoms with Gasteiger partial charge in [-0.2, -0.15) is 0 Å². The summed E-state index contributed by atoms with van der Waals surface area (Å²) in [5.41, 5.74) is 4.16. The Balaban J connectivity index is 2.16. The number of aryl methyl sites for hydroxylation is 2. The predicted octanol–water partition coefficient (Wildman–Crippen LogP) is 3.35. The number of methoxy groups -OCH3 is 1. The highest BCUT2D eigenvalue weighted by Gasteiger charge is 2.11. The van der Waals surface area contributed by atoms with E-state index in [1.54, 1.807) is 18.1 Å². The van der Waals surface area contributed by atoms with Crippen molar-refractivity contribution in [2.45, 2.75) is 20.4 Å². The number of ether oxygens (including phenoxy) is 1. The Morgan fingerprint density at radius 2 is 1.80 bits per heavy atom. The number of benzene rings is 2.